The number of amidine groups is 2. The molecule has 12 nitrogen and oxygen atoms in total. The van der Waals surface area contributed by atoms with E-state index < -0.39 is 12.2 Å². The van der Waals surface area contributed by atoms with Crippen molar-refractivity contribution >= 4 is 23.9 Å². The van der Waals surface area contributed by atoms with Gasteiger partial charge in [-0.25, -0.2) is 9.59 Å². The van der Waals surface area contributed by atoms with Crippen molar-refractivity contribution in [1.29, 1.82) is 10.8 Å². The van der Waals surface area contributed by atoms with Crippen LogP contribution in [0.4, 0.5) is 9.59 Å². The second-order valence-corrected chi connectivity index (χ2v) is 14.5. The molecule has 0 aromatic heterocycles. The largest absolute Gasteiger partial charge is 0.489 e. The fourth-order valence-corrected chi connectivity index (χ4v) is 7.54. The Bertz CT molecular complexity index is 1800. The molecule has 6 rings (SSSR count). The molecule has 2 amide bonds. The Morgan fingerprint density at radius 3 is 1.29 bits per heavy atom. The van der Waals surface area contributed by atoms with Gasteiger partial charge in [0.05, 0.1) is 14.2 Å². The van der Waals surface area contributed by atoms with Gasteiger partial charge in [0, 0.05) is 24.2 Å². The molecule has 294 valence electrons. The van der Waals surface area contributed by atoms with Gasteiger partial charge in [0.1, 0.15) is 36.4 Å². The number of nitrogens with zero attached hydrogens (tertiary/aromatic N) is 2. The number of benzene rings is 4. The number of piperidine rings is 2. The lowest BCUT2D eigenvalue weighted by Crippen LogP contribution is -2.40. The van der Waals surface area contributed by atoms with Gasteiger partial charge >= 0.3 is 12.2 Å². The van der Waals surface area contributed by atoms with Crippen LogP contribution in [0.3, 0.4) is 0 Å². The Hall–Kier alpha value is -5.72. The maximum absolute atomic E-state index is 11.4. The Kier molecular flexibility index (Phi) is 14.1. The highest BCUT2D eigenvalue weighted by Crippen LogP contribution is 2.33. The van der Waals surface area contributed by atoms with E-state index in [4.69, 9.17) is 20.3 Å². The highest BCUT2D eigenvalue weighted by molar-refractivity contribution is 6.05. The first-order valence-corrected chi connectivity index (χ1v) is 19.2. The van der Waals surface area contributed by atoms with Crippen molar-refractivity contribution in [2.45, 2.75) is 52.0 Å². The number of methoxy groups -OCH3 is 2. The third-order valence-corrected chi connectivity index (χ3v) is 10.6. The van der Waals surface area contributed by atoms with Gasteiger partial charge in [0.25, 0.3) is 0 Å². The summed E-state index contributed by atoms with van der Waals surface area (Å²) in [6.07, 6.45) is 3.69. The number of hydrogen-bond acceptors (Lipinski definition) is 10. The Morgan fingerprint density at radius 1 is 0.571 bits per heavy atom. The molecule has 2 aliphatic rings. The molecular weight excluding hydrogens is 709 g/mol. The lowest BCUT2D eigenvalue weighted by molar-refractivity contribution is 0.0909. The maximum atomic E-state index is 11.4. The van der Waals surface area contributed by atoms with E-state index >= 15 is 0 Å². The van der Waals surface area contributed by atoms with Gasteiger partial charge in [-0.2, -0.15) is 0 Å². The topological polar surface area (TPSA) is 149 Å². The number of nitrogens with one attached hydrogen (secondary N) is 4. The normalized spacial score (nSPS) is 15.4. The van der Waals surface area contributed by atoms with Gasteiger partial charge < -0.3 is 18.9 Å². The highest BCUT2D eigenvalue weighted by Gasteiger charge is 2.29. The van der Waals surface area contributed by atoms with Crippen LogP contribution in [0.25, 0.3) is 0 Å². The molecule has 0 spiro atoms. The molecule has 4 N–H and O–H groups in total. The van der Waals surface area contributed by atoms with E-state index in [9.17, 15) is 9.59 Å². The van der Waals surface area contributed by atoms with E-state index in [0.717, 1.165) is 62.2 Å². The molecule has 0 atom stereocenters. The molecule has 0 bridgehead atoms. The number of rotatable bonds is 13. The standard InChI is InChI=1S/C44H52N6O6/c1-53-43(51)47-41(45)37-9-13-39(14-10-37)55-29-33-7-3-5-31(25-33)27-49-21-17-35(18-22-49)36-19-23-50(24-20-36)28-32-6-4-8-34(26-32)30-56-40-15-11-38(12-16-40)42(46)48-44(52)54-2/h3-16,25-26,35-36H,17-24,27-30H2,1-2H3,(H2,45,47,51)(H2,46,48,52). The van der Waals surface area contributed by atoms with Gasteiger partial charge in [0.2, 0.25) is 0 Å². The zero-order chi connectivity index (χ0) is 39.3. The molecule has 0 radical (unpaired) electrons. The Morgan fingerprint density at radius 2 is 0.929 bits per heavy atom. The monoisotopic (exact) mass is 760 g/mol. The van der Waals surface area contributed by atoms with Crippen LogP contribution in [0, 0.1) is 22.7 Å². The summed E-state index contributed by atoms with van der Waals surface area (Å²) in [6, 6.07) is 31.4. The van der Waals surface area contributed by atoms with Gasteiger partial charge in [-0.3, -0.25) is 31.3 Å². The summed E-state index contributed by atoms with van der Waals surface area (Å²) in [7, 11) is 2.53. The Labute approximate surface area is 329 Å². The molecule has 2 aliphatic heterocycles. The molecule has 12 heteroatoms. The quantitative estimate of drug-likeness (QED) is 0.0818. The summed E-state index contributed by atoms with van der Waals surface area (Å²) in [5.74, 6) is 2.94. The third-order valence-electron chi connectivity index (χ3n) is 10.6. The smallest absolute Gasteiger partial charge is 0.412 e. The zero-order valence-corrected chi connectivity index (χ0v) is 32.2. The molecule has 2 heterocycles. The van der Waals surface area contributed by atoms with Crippen molar-refractivity contribution in [3.8, 4) is 11.5 Å². The van der Waals surface area contributed by atoms with Crippen LogP contribution in [0.15, 0.2) is 97.1 Å². The SMILES string of the molecule is COC(=O)NC(=N)c1ccc(OCc2cccc(CN3CCC(C4CCN(Cc5cccc(COc6ccc(C(=N)NC(=O)OC)cc6)c5)CC4)CC3)c2)cc1. The molecule has 0 aliphatic carbocycles. The second-order valence-electron chi connectivity index (χ2n) is 14.5. The first-order valence-electron chi connectivity index (χ1n) is 19.2. The summed E-state index contributed by atoms with van der Waals surface area (Å²) >= 11 is 0. The summed E-state index contributed by atoms with van der Waals surface area (Å²) in [6.45, 7) is 7.33. The molecule has 2 saturated heterocycles. The summed E-state index contributed by atoms with van der Waals surface area (Å²) in [5.41, 5.74) is 5.97. The van der Waals surface area contributed by atoms with E-state index in [1.54, 1.807) is 48.5 Å². The molecule has 0 saturated carbocycles. The molecule has 56 heavy (non-hydrogen) atoms. The van der Waals surface area contributed by atoms with E-state index in [-0.39, 0.29) is 11.7 Å². The first-order chi connectivity index (χ1) is 27.2. The number of likely N-dealkylation sites (tertiary alicyclic amines) is 2. The fourth-order valence-electron chi connectivity index (χ4n) is 7.54. The lowest BCUT2D eigenvalue weighted by Gasteiger charge is -2.40. The minimum absolute atomic E-state index is 0.0248. The minimum Gasteiger partial charge on any atom is -0.489 e. The van der Waals surface area contributed by atoms with Gasteiger partial charge in [-0.1, -0.05) is 48.5 Å². The lowest BCUT2D eigenvalue weighted by atomic mass is 9.78. The average Bonchev–Trinajstić information content (AvgIpc) is 3.23. The second kappa shape index (κ2) is 19.7. The van der Waals surface area contributed by atoms with Crippen LogP contribution in [0.1, 0.15) is 59.1 Å². The van der Waals surface area contributed by atoms with Crippen LogP contribution in [0.2, 0.25) is 0 Å². The number of amides is 2. The third kappa shape index (κ3) is 11.6. The molecule has 4 aromatic rings. The van der Waals surface area contributed by atoms with Crippen molar-refractivity contribution in [3.05, 3.63) is 130 Å². The molecule has 4 aromatic carbocycles. The minimum atomic E-state index is -0.671. The summed E-state index contributed by atoms with van der Waals surface area (Å²) in [5, 5.41) is 20.7. The van der Waals surface area contributed by atoms with E-state index in [2.05, 4.69) is 78.4 Å². The van der Waals surface area contributed by atoms with Crippen molar-refractivity contribution in [2.75, 3.05) is 40.4 Å². The van der Waals surface area contributed by atoms with Crippen LogP contribution >= 0.6 is 0 Å². The van der Waals surface area contributed by atoms with Gasteiger partial charge in [-0.05, 0) is 134 Å². The number of carbonyl (C=O) groups is 2. The highest BCUT2D eigenvalue weighted by atomic mass is 16.5. The number of alkyl carbamates (subject to hydrolysis) is 2. The van der Waals surface area contributed by atoms with Crippen LogP contribution in [0.5, 0.6) is 11.5 Å². The van der Waals surface area contributed by atoms with Crippen molar-refractivity contribution in [3.63, 3.8) is 0 Å². The number of ether oxygens (including phenoxy) is 4. The van der Waals surface area contributed by atoms with Crippen molar-refractivity contribution < 1.29 is 28.5 Å². The predicted octanol–water partition coefficient (Wildman–Crippen LogP) is 7.33. The van der Waals surface area contributed by atoms with E-state index in [1.165, 1.54) is 51.0 Å². The average molecular weight is 761 g/mol. The first kappa shape index (κ1) is 40.0. The van der Waals surface area contributed by atoms with Crippen molar-refractivity contribution in [1.82, 2.24) is 20.4 Å². The van der Waals surface area contributed by atoms with Crippen LogP contribution < -0.4 is 20.1 Å². The summed E-state index contributed by atoms with van der Waals surface area (Å²) < 4.78 is 21.2. The van der Waals surface area contributed by atoms with Crippen LogP contribution in [-0.4, -0.2) is 74.1 Å². The Balaban J connectivity index is 0.884. The zero-order valence-electron chi connectivity index (χ0n) is 32.2. The molecule has 2 fully saturated rings. The number of carbonyl (C=O) groups excluding carboxylic acids is 2. The van der Waals surface area contributed by atoms with Crippen LogP contribution in [-0.2, 0) is 35.8 Å². The number of hydrogen-bond donors (Lipinski definition) is 4. The predicted molar refractivity (Wildman–Crippen MR) is 215 cm³/mol. The molecule has 0 unspecified atom stereocenters. The fraction of sp³-hybridized carbons (Fsp3) is 0.364. The maximum Gasteiger partial charge on any atom is 0.412 e. The molecular formula is C44H52N6O6. The van der Waals surface area contributed by atoms with E-state index in [0.29, 0.717) is 35.8 Å². The van der Waals surface area contributed by atoms with Gasteiger partial charge in [0.15, 0.2) is 0 Å². The van der Waals surface area contributed by atoms with Gasteiger partial charge in [-0.15, -0.1) is 0 Å². The van der Waals surface area contributed by atoms with Crippen molar-refractivity contribution in [2.24, 2.45) is 11.8 Å². The van der Waals surface area contributed by atoms with E-state index in [1.807, 2.05) is 0 Å². The summed E-state index contributed by atoms with van der Waals surface area (Å²) in [4.78, 5) is 27.9.